The van der Waals surface area contributed by atoms with E-state index < -0.39 is 24.3 Å². The van der Waals surface area contributed by atoms with Gasteiger partial charge >= 0.3 is 17.9 Å². The van der Waals surface area contributed by atoms with Crippen molar-refractivity contribution in [2.24, 2.45) is 0 Å². The van der Waals surface area contributed by atoms with Crippen LogP contribution in [0.2, 0.25) is 0 Å². The average molecular weight is 1110 g/mol. The first-order valence-electron chi connectivity index (χ1n) is 33.8. The maximum absolute atomic E-state index is 12.9. The van der Waals surface area contributed by atoms with Gasteiger partial charge in [0.25, 0.3) is 6.29 Å². The molecule has 0 aromatic heterocycles. The minimum atomic E-state index is -1.51. The number of ether oxygens (including phenoxy) is 4. The number of aliphatic carboxylic acids is 1. The lowest BCUT2D eigenvalue weighted by atomic mass is 10.0. The molecule has 462 valence electrons. The Labute approximate surface area is 489 Å². The molecule has 0 spiro atoms. The molecule has 1 N–H and O–H groups in total. The highest BCUT2D eigenvalue weighted by atomic mass is 16.7. The van der Waals surface area contributed by atoms with Crippen molar-refractivity contribution in [3.8, 4) is 0 Å². The van der Waals surface area contributed by atoms with Crippen LogP contribution in [0.4, 0.5) is 0 Å². The van der Waals surface area contributed by atoms with Gasteiger partial charge in [-0.15, -0.1) is 0 Å². The Morgan fingerprint density at radius 3 is 1.03 bits per heavy atom. The standard InChI is InChI=1S/C70H129NO8/c1-6-8-10-12-14-16-18-20-22-24-26-28-30-32-33-34-35-37-39-41-43-45-47-49-51-53-55-57-59-61-68(73)79-66(65-78-70(69(74)75)76-63-62-71(3,4)5)64-77-67(72)60-58-56-54-52-50-48-46-44-42-40-38-36-31-29-27-25-23-21-19-17-15-13-11-9-7-2/h18,20,24-27,30,32,66,70H,6-17,19,21-23,28-29,31,33-65H2,1-5H3/p+1/b20-18-,26-24-,27-25-,32-30-. The largest absolute Gasteiger partial charge is 0.477 e. The van der Waals surface area contributed by atoms with Gasteiger partial charge in [0, 0.05) is 12.8 Å². The zero-order valence-corrected chi connectivity index (χ0v) is 52.8. The Morgan fingerprint density at radius 2 is 0.684 bits per heavy atom. The predicted octanol–water partition coefficient (Wildman–Crippen LogP) is 20.6. The molecule has 0 fully saturated rings. The first-order chi connectivity index (χ1) is 38.6. The zero-order valence-electron chi connectivity index (χ0n) is 52.8. The fraction of sp³-hybridized carbons (Fsp3) is 0.843. The van der Waals surface area contributed by atoms with Crippen LogP contribution < -0.4 is 0 Å². The highest BCUT2D eigenvalue weighted by molar-refractivity contribution is 5.71. The van der Waals surface area contributed by atoms with Crippen LogP contribution in [-0.4, -0.2) is 87.4 Å². The fourth-order valence-corrected chi connectivity index (χ4v) is 9.84. The number of carboxylic acid groups (broad SMARTS) is 1. The Morgan fingerprint density at radius 1 is 0.380 bits per heavy atom. The molecule has 0 heterocycles. The molecule has 0 aliphatic heterocycles. The molecule has 0 aromatic rings. The van der Waals surface area contributed by atoms with Gasteiger partial charge in [-0.25, -0.2) is 4.79 Å². The van der Waals surface area contributed by atoms with Crippen LogP contribution in [0, 0.1) is 0 Å². The van der Waals surface area contributed by atoms with E-state index in [4.69, 9.17) is 18.9 Å². The summed E-state index contributed by atoms with van der Waals surface area (Å²) in [4.78, 5) is 37.6. The minimum absolute atomic E-state index is 0.180. The van der Waals surface area contributed by atoms with Crippen LogP contribution in [-0.2, 0) is 33.3 Å². The molecule has 9 nitrogen and oxygen atoms in total. The molecule has 2 unspecified atom stereocenters. The van der Waals surface area contributed by atoms with Crippen molar-refractivity contribution in [2.75, 3.05) is 47.5 Å². The molecule has 0 amide bonds. The molecule has 2 atom stereocenters. The Kier molecular flexibility index (Phi) is 59.2. The quantitative estimate of drug-likeness (QED) is 0.0211. The third-order valence-corrected chi connectivity index (χ3v) is 15.1. The maximum atomic E-state index is 12.9. The molecule has 0 rings (SSSR count). The second kappa shape index (κ2) is 61.3. The van der Waals surface area contributed by atoms with E-state index in [2.05, 4.69) is 62.5 Å². The molecule has 0 aliphatic rings. The van der Waals surface area contributed by atoms with Crippen molar-refractivity contribution < 1.29 is 42.9 Å². The first-order valence-corrected chi connectivity index (χ1v) is 33.8. The van der Waals surface area contributed by atoms with Crippen LogP contribution in [0.1, 0.15) is 322 Å². The molecule has 0 saturated carbocycles. The molecule has 0 aliphatic carbocycles. The lowest BCUT2D eigenvalue weighted by molar-refractivity contribution is -0.870. The molecule has 0 radical (unpaired) electrons. The molecule has 0 bridgehead atoms. The maximum Gasteiger partial charge on any atom is 0.361 e. The lowest BCUT2D eigenvalue weighted by Gasteiger charge is -2.25. The molecule has 9 heteroatoms. The molecular weight excluding hydrogens is 983 g/mol. The van der Waals surface area contributed by atoms with Gasteiger partial charge in [0.15, 0.2) is 6.10 Å². The SMILES string of the molecule is CCCCCCC/C=C\C/C=C\C/C=C\CCCCCCCCCCCCCCCCC(=O)OC(COC(=O)CCCCCCCCCCCCCCC/C=C\CCCCCCCCCC)COC(OCC[N+](C)(C)C)C(=O)O. The number of esters is 2. The predicted molar refractivity (Wildman–Crippen MR) is 337 cm³/mol. The smallest absolute Gasteiger partial charge is 0.361 e. The van der Waals surface area contributed by atoms with E-state index in [-0.39, 0.29) is 32.2 Å². The van der Waals surface area contributed by atoms with E-state index in [0.717, 1.165) is 51.4 Å². The van der Waals surface area contributed by atoms with Crippen LogP contribution in [0.3, 0.4) is 0 Å². The second-order valence-corrected chi connectivity index (χ2v) is 24.1. The summed E-state index contributed by atoms with van der Waals surface area (Å²) in [5.74, 6) is -1.99. The van der Waals surface area contributed by atoms with E-state index >= 15 is 0 Å². The number of quaternary nitrogens is 1. The Balaban J connectivity index is 4.13. The third-order valence-electron chi connectivity index (χ3n) is 15.1. The van der Waals surface area contributed by atoms with E-state index in [1.54, 1.807) is 0 Å². The van der Waals surface area contributed by atoms with Crippen molar-refractivity contribution >= 4 is 17.9 Å². The number of carbonyl (C=O) groups excluding carboxylic acids is 2. The highest BCUT2D eigenvalue weighted by Crippen LogP contribution is 2.18. The molecule has 0 aromatic carbocycles. The summed E-state index contributed by atoms with van der Waals surface area (Å²) in [5.41, 5.74) is 0. The number of hydrogen-bond donors (Lipinski definition) is 1. The minimum Gasteiger partial charge on any atom is -0.477 e. The number of likely N-dealkylation sites (N-methyl/N-ethyl adjacent to an activating group) is 1. The van der Waals surface area contributed by atoms with Crippen LogP contribution >= 0.6 is 0 Å². The van der Waals surface area contributed by atoms with Crippen molar-refractivity contribution in [1.82, 2.24) is 0 Å². The van der Waals surface area contributed by atoms with E-state index in [1.165, 1.54) is 244 Å². The number of unbranched alkanes of at least 4 members (excludes halogenated alkanes) is 40. The van der Waals surface area contributed by atoms with Crippen LogP contribution in [0.5, 0.6) is 0 Å². The Hall–Kier alpha value is -2.75. The summed E-state index contributed by atoms with van der Waals surface area (Å²) in [7, 11) is 5.98. The summed E-state index contributed by atoms with van der Waals surface area (Å²) < 4.78 is 23.0. The van der Waals surface area contributed by atoms with E-state index in [9.17, 15) is 19.5 Å². The van der Waals surface area contributed by atoms with E-state index in [0.29, 0.717) is 17.4 Å². The van der Waals surface area contributed by atoms with Gasteiger partial charge in [-0.05, 0) is 77.0 Å². The molecular formula is C70H130NO8+. The van der Waals surface area contributed by atoms with Crippen molar-refractivity contribution in [2.45, 2.75) is 334 Å². The van der Waals surface area contributed by atoms with Gasteiger partial charge in [-0.3, -0.25) is 9.59 Å². The number of rotatable bonds is 63. The topological polar surface area (TPSA) is 108 Å². The number of carboxylic acids is 1. The van der Waals surface area contributed by atoms with Crippen LogP contribution in [0.25, 0.3) is 0 Å². The van der Waals surface area contributed by atoms with Gasteiger partial charge in [-0.1, -0.05) is 281 Å². The van der Waals surface area contributed by atoms with Gasteiger partial charge < -0.3 is 28.5 Å². The van der Waals surface area contributed by atoms with Crippen molar-refractivity contribution in [1.29, 1.82) is 0 Å². The monoisotopic (exact) mass is 1110 g/mol. The number of hydrogen-bond acceptors (Lipinski definition) is 7. The normalized spacial score (nSPS) is 13.0. The number of allylic oxidation sites excluding steroid dienone is 8. The van der Waals surface area contributed by atoms with Gasteiger partial charge in [0.2, 0.25) is 0 Å². The summed E-state index contributed by atoms with van der Waals surface area (Å²) >= 11 is 0. The molecule has 79 heavy (non-hydrogen) atoms. The van der Waals surface area contributed by atoms with Crippen LogP contribution in [0.15, 0.2) is 48.6 Å². The van der Waals surface area contributed by atoms with Crippen molar-refractivity contribution in [3.63, 3.8) is 0 Å². The van der Waals surface area contributed by atoms with Crippen molar-refractivity contribution in [3.05, 3.63) is 48.6 Å². The van der Waals surface area contributed by atoms with E-state index in [1.807, 2.05) is 21.1 Å². The summed E-state index contributed by atoms with van der Waals surface area (Å²) in [5, 5.41) is 9.74. The second-order valence-electron chi connectivity index (χ2n) is 24.1. The highest BCUT2D eigenvalue weighted by Gasteiger charge is 2.25. The zero-order chi connectivity index (χ0) is 57.6. The number of nitrogens with zero attached hydrogens (tertiary/aromatic N) is 1. The van der Waals surface area contributed by atoms with Gasteiger partial charge in [-0.2, -0.15) is 0 Å². The molecule has 0 saturated heterocycles. The average Bonchev–Trinajstić information content (AvgIpc) is 3.42. The summed E-state index contributed by atoms with van der Waals surface area (Å²) in [6.45, 7) is 4.91. The fourth-order valence-electron chi connectivity index (χ4n) is 9.84. The first kappa shape index (κ1) is 76.2. The lowest BCUT2D eigenvalue weighted by Crippen LogP contribution is -2.40. The van der Waals surface area contributed by atoms with Gasteiger partial charge in [0.1, 0.15) is 13.2 Å². The third kappa shape index (κ3) is 62.7. The Bertz CT molecular complexity index is 1430. The van der Waals surface area contributed by atoms with Gasteiger partial charge in [0.05, 0.1) is 34.4 Å². The summed E-state index contributed by atoms with van der Waals surface area (Å²) in [6, 6.07) is 0. The summed E-state index contributed by atoms with van der Waals surface area (Å²) in [6.07, 6.45) is 75.0. The number of carbonyl (C=O) groups is 3.